The lowest BCUT2D eigenvalue weighted by molar-refractivity contribution is 0.523. The van der Waals surface area contributed by atoms with Crippen LogP contribution in [0.1, 0.15) is 44.6 Å². The highest BCUT2D eigenvalue weighted by molar-refractivity contribution is 5.59. The molecule has 1 aromatic rings. The summed E-state index contributed by atoms with van der Waals surface area (Å²) >= 11 is 0. The van der Waals surface area contributed by atoms with Crippen molar-refractivity contribution < 1.29 is 4.39 Å². The highest BCUT2D eigenvalue weighted by atomic mass is 19.1. The fourth-order valence-corrected chi connectivity index (χ4v) is 2.96. The van der Waals surface area contributed by atoms with E-state index in [9.17, 15) is 4.39 Å². The van der Waals surface area contributed by atoms with Crippen molar-refractivity contribution >= 4 is 5.69 Å². The van der Waals surface area contributed by atoms with Crippen molar-refractivity contribution in [3.8, 4) is 0 Å². The van der Waals surface area contributed by atoms with Crippen LogP contribution in [0.5, 0.6) is 0 Å². The molecule has 0 aromatic heterocycles. The SMILES string of the molecule is CCCCCCC(CN)N1CCc2ccc(F)cc21. The van der Waals surface area contributed by atoms with Crippen LogP contribution in [0.4, 0.5) is 10.1 Å². The number of hydrogen-bond acceptors (Lipinski definition) is 2. The predicted molar refractivity (Wildman–Crippen MR) is 79.1 cm³/mol. The average Bonchev–Trinajstić information content (AvgIpc) is 2.82. The highest BCUT2D eigenvalue weighted by Gasteiger charge is 2.25. The number of anilines is 1. The molecule has 0 aliphatic carbocycles. The number of fused-ring (bicyclic) bond motifs is 1. The third kappa shape index (κ3) is 3.47. The normalized spacial score (nSPS) is 15.6. The van der Waals surface area contributed by atoms with Gasteiger partial charge in [0.15, 0.2) is 0 Å². The van der Waals surface area contributed by atoms with Gasteiger partial charge < -0.3 is 10.6 Å². The lowest BCUT2D eigenvalue weighted by Gasteiger charge is -2.29. The van der Waals surface area contributed by atoms with E-state index in [1.54, 1.807) is 12.1 Å². The summed E-state index contributed by atoms with van der Waals surface area (Å²) in [5.74, 6) is -0.146. The number of nitrogens with zero attached hydrogens (tertiary/aromatic N) is 1. The largest absolute Gasteiger partial charge is 0.367 e. The fourth-order valence-electron chi connectivity index (χ4n) is 2.96. The number of unbranched alkanes of at least 4 members (excludes halogenated alkanes) is 3. The van der Waals surface area contributed by atoms with Gasteiger partial charge in [-0.3, -0.25) is 0 Å². The van der Waals surface area contributed by atoms with Crippen LogP contribution in [0.3, 0.4) is 0 Å². The molecule has 0 radical (unpaired) electrons. The lowest BCUT2D eigenvalue weighted by Crippen LogP contribution is -2.39. The van der Waals surface area contributed by atoms with Crippen molar-refractivity contribution in [3.05, 3.63) is 29.6 Å². The first-order valence-electron chi connectivity index (χ1n) is 7.51. The van der Waals surface area contributed by atoms with E-state index in [-0.39, 0.29) is 5.82 Å². The standard InChI is InChI=1S/C16H25FN2/c1-2-3-4-5-6-15(12-18)19-10-9-13-7-8-14(17)11-16(13)19/h7-8,11,15H,2-6,9-10,12,18H2,1H3. The molecule has 0 bridgehead atoms. The molecular formula is C16H25FN2. The first-order valence-corrected chi connectivity index (χ1v) is 7.51. The molecule has 2 rings (SSSR count). The van der Waals surface area contributed by atoms with Gasteiger partial charge in [0.05, 0.1) is 0 Å². The van der Waals surface area contributed by atoms with E-state index in [1.807, 2.05) is 6.07 Å². The van der Waals surface area contributed by atoms with Gasteiger partial charge in [-0.2, -0.15) is 0 Å². The minimum atomic E-state index is -0.146. The Balaban J connectivity index is 1.99. The minimum Gasteiger partial charge on any atom is -0.367 e. The Morgan fingerprint density at radius 3 is 2.89 bits per heavy atom. The summed E-state index contributed by atoms with van der Waals surface area (Å²) in [5, 5.41) is 0. The maximum atomic E-state index is 13.4. The molecule has 1 aromatic carbocycles. The van der Waals surface area contributed by atoms with Crippen LogP contribution in [0.15, 0.2) is 18.2 Å². The molecule has 0 saturated heterocycles. The third-order valence-corrected chi connectivity index (χ3v) is 4.08. The zero-order valence-corrected chi connectivity index (χ0v) is 11.9. The van der Waals surface area contributed by atoms with Crippen LogP contribution in [0.2, 0.25) is 0 Å². The number of benzene rings is 1. The van der Waals surface area contributed by atoms with Gasteiger partial charge in [-0.25, -0.2) is 4.39 Å². The number of hydrogen-bond donors (Lipinski definition) is 1. The Labute approximate surface area is 115 Å². The van der Waals surface area contributed by atoms with Gasteiger partial charge in [0.1, 0.15) is 5.82 Å². The fraction of sp³-hybridized carbons (Fsp3) is 0.625. The quantitative estimate of drug-likeness (QED) is 0.764. The molecular weight excluding hydrogens is 239 g/mol. The maximum Gasteiger partial charge on any atom is 0.125 e. The minimum absolute atomic E-state index is 0.146. The van der Waals surface area contributed by atoms with E-state index < -0.39 is 0 Å². The van der Waals surface area contributed by atoms with Crippen molar-refractivity contribution in [2.75, 3.05) is 18.0 Å². The molecule has 1 unspecified atom stereocenters. The first-order chi connectivity index (χ1) is 9.26. The van der Waals surface area contributed by atoms with Crippen LogP contribution >= 0.6 is 0 Å². The molecule has 2 nitrogen and oxygen atoms in total. The van der Waals surface area contributed by atoms with Crippen molar-refractivity contribution in [3.63, 3.8) is 0 Å². The van der Waals surface area contributed by atoms with E-state index in [0.29, 0.717) is 12.6 Å². The van der Waals surface area contributed by atoms with E-state index >= 15 is 0 Å². The third-order valence-electron chi connectivity index (χ3n) is 4.08. The van der Waals surface area contributed by atoms with Gasteiger partial charge >= 0.3 is 0 Å². The first kappa shape index (κ1) is 14.3. The predicted octanol–water partition coefficient (Wildman–Crippen LogP) is 3.49. The lowest BCUT2D eigenvalue weighted by atomic mass is 10.1. The summed E-state index contributed by atoms with van der Waals surface area (Å²) in [6.45, 7) is 3.86. The zero-order chi connectivity index (χ0) is 13.7. The van der Waals surface area contributed by atoms with Gasteiger partial charge in [-0.05, 0) is 30.5 Å². The number of rotatable bonds is 7. The van der Waals surface area contributed by atoms with E-state index in [0.717, 1.165) is 25.1 Å². The van der Waals surface area contributed by atoms with Gasteiger partial charge in [0.25, 0.3) is 0 Å². The Kier molecular flexibility index (Phi) is 5.20. The molecule has 0 saturated carbocycles. The molecule has 0 fully saturated rings. The summed E-state index contributed by atoms with van der Waals surface area (Å²) in [6.07, 6.45) is 7.18. The number of halogens is 1. The van der Waals surface area contributed by atoms with Gasteiger partial charge in [0, 0.05) is 24.8 Å². The zero-order valence-electron chi connectivity index (χ0n) is 11.9. The summed E-state index contributed by atoms with van der Waals surface area (Å²) in [5.41, 5.74) is 8.25. The van der Waals surface area contributed by atoms with Crippen LogP contribution in [-0.2, 0) is 6.42 Å². The average molecular weight is 264 g/mol. The van der Waals surface area contributed by atoms with Crippen LogP contribution in [-0.4, -0.2) is 19.1 Å². The molecule has 3 heteroatoms. The van der Waals surface area contributed by atoms with Gasteiger partial charge in [0.2, 0.25) is 0 Å². The second-order valence-electron chi connectivity index (χ2n) is 5.46. The molecule has 1 aliphatic heterocycles. The Morgan fingerprint density at radius 2 is 2.16 bits per heavy atom. The van der Waals surface area contributed by atoms with Crippen LogP contribution < -0.4 is 10.6 Å². The van der Waals surface area contributed by atoms with E-state index in [4.69, 9.17) is 5.73 Å². The number of nitrogens with two attached hydrogens (primary N) is 1. The topological polar surface area (TPSA) is 29.3 Å². The highest BCUT2D eigenvalue weighted by Crippen LogP contribution is 2.31. The van der Waals surface area contributed by atoms with Crippen molar-refractivity contribution in [2.24, 2.45) is 5.73 Å². The maximum absolute atomic E-state index is 13.4. The summed E-state index contributed by atoms with van der Waals surface area (Å²) in [4.78, 5) is 2.31. The Morgan fingerprint density at radius 1 is 1.32 bits per heavy atom. The van der Waals surface area contributed by atoms with Crippen molar-refractivity contribution in [2.45, 2.75) is 51.5 Å². The molecule has 0 spiro atoms. The molecule has 19 heavy (non-hydrogen) atoms. The van der Waals surface area contributed by atoms with Gasteiger partial charge in [-0.15, -0.1) is 0 Å². The molecule has 2 N–H and O–H groups in total. The Hall–Kier alpha value is -1.09. The second-order valence-corrected chi connectivity index (χ2v) is 5.46. The molecule has 106 valence electrons. The summed E-state index contributed by atoms with van der Waals surface area (Å²) in [6, 6.07) is 5.49. The second kappa shape index (κ2) is 6.90. The van der Waals surface area contributed by atoms with E-state index in [1.165, 1.54) is 31.2 Å². The van der Waals surface area contributed by atoms with Gasteiger partial charge in [-0.1, -0.05) is 38.7 Å². The Bertz CT molecular complexity index is 406. The smallest absolute Gasteiger partial charge is 0.125 e. The van der Waals surface area contributed by atoms with Crippen molar-refractivity contribution in [1.82, 2.24) is 0 Å². The molecule has 1 aliphatic rings. The summed E-state index contributed by atoms with van der Waals surface area (Å²) in [7, 11) is 0. The molecule has 1 heterocycles. The summed E-state index contributed by atoms with van der Waals surface area (Å²) < 4.78 is 13.4. The monoisotopic (exact) mass is 264 g/mol. The van der Waals surface area contributed by atoms with Crippen LogP contribution in [0.25, 0.3) is 0 Å². The van der Waals surface area contributed by atoms with E-state index in [2.05, 4.69) is 11.8 Å². The molecule has 0 amide bonds. The molecule has 1 atom stereocenters. The van der Waals surface area contributed by atoms with Crippen molar-refractivity contribution in [1.29, 1.82) is 0 Å². The van der Waals surface area contributed by atoms with Crippen LogP contribution in [0, 0.1) is 5.82 Å².